The number of carbonyl (C=O) groups is 1. The van der Waals surface area contributed by atoms with E-state index in [0.717, 1.165) is 6.92 Å². The summed E-state index contributed by atoms with van der Waals surface area (Å²) in [6.45, 7) is 0.972. The molecule has 2 nitrogen and oxygen atoms in total. The van der Waals surface area contributed by atoms with E-state index < -0.39 is 5.97 Å². The predicted octanol–water partition coefficient (Wildman–Crippen LogP) is -13.2. The van der Waals surface area contributed by atoms with Crippen LogP contribution in [0, 0.1) is 0 Å². The van der Waals surface area contributed by atoms with Gasteiger partial charge in [0.2, 0.25) is 0 Å². The molecule has 0 unspecified atom stereocenters. The summed E-state index contributed by atoms with van der Waals surface area (Å²) in [7, 11) is 0. The molecule has 0 aromatic heterocycles. The van der Waals surface area contributed by atoms with Crippen molar-refractivity contribution in [2.24, 2.45) is 0 Å². The van der Waals surface area contributed by atoms with Crippen LogP contribution in [0.3, 0.4) is 0 Å². The SMILES string of the molecule is CC(=O)[O-].[Cl-].[Na+].[Na+].[Na+]. The van der Waals surface area contributed by atoms with Gasteiger partial charge in [0.1, 0.15) is 0 Å². The largest absolute Gasteiger partial charge is 1.00 e. The minimum absolute atomic E-state index is 0. The zero-order valence-electron chi connectivity index (χ0n) is 5.69. The Morgan fingerprint density at radius 3 is 1.25 bits per heavy atom. The van der Waals surface area contributed by atoms with Gasteiger partial charge in [-0.2, -0.15) is 0 Å². The Labute approximate surface area is 121 Å². The summed E-state index contributed by atoms with van der Waals surface area (Å²) in [5.41, 5.74) is 0. The number of halogens is 1. The molecule has 32 valence electrons. The predicted molar refractivity (Wildman–Crippen MR) is 10.7 cm³/mol. The van der Waals surface area contributed by atoms with E-state index in [-0.39, 0.29) is 101 Å². The summed E-state index contributed by atoms with van der Waals surface area (Å²) in [5, 5.41) is 8.89. The molecule has 0 aromatic rings. The van der Waals surface area contributed by atoms with Crippen molar-refractivity contribution in [1.82, 2.24) is 0 Å². The molecule has 0 N–H and O–H groups in total. The third-order valence-electron chi connectivity index (χ3n) is 0. The van der Waals surface area contributed by atoms with Gasteiger partial charge >= 0.3 is 88.7 Å². The fraction of sp³-hybridized carbons (Fsp3) is 0.500. The molecule has 0 aliphatic carbocycles. The minimum Gasteiger partial charge on any atom is -1.00 e. The maximum absolute atomic E-state index is 8.89. The topological polar surface area (TPSA) is 40.1 Å². The van der Waals surface area contributed by atoms with Gasteiger partial charge in [-0.25, -0.2) is 0 Å². The fourth-order valence-electron chi connectivity index (χ4n) is 0. The second-order valence-electron chi connectivity index (χ2n) is 0.492. The Hall–Kier alpha value is 2.76. The van der Waals surface area contributed by atoms with Crippen molar-refractivity contribution >= 4 is 5.97 Å². The summed E-state index contributed by atoms with van der Waals surface area (Å²) in [6, 6.07) is 0. The van der Waals surface area contributed by atoms with E-state index in [0.29, 0.717) is 0 Å². The Balaban J connectivity index is -0.00000000750. The van der Waals surface area contributed by atoms with E-state index in [9.17, 15) is 0 Å². The van der Waals surface area contributed by atoms with Crippen molar-refractivity contribution in [3.63, 3.8) is 0 Å². The molecule has 0 rings (SSSR count). The molecule has 0 aliphatic heterocycles. The number of rotatable bonds is 0. The molecule has 0 radical (unpaired) electrons. The molecule has 0 atom stereocenters. The summed E-state index contributed by atoms with van der Waals surface area (Å²) in [6.07, 6.45) is 0. The van der Waals surface area contributed by atoms with Crippen LogP contribution in [0.2, 0.25) is 0 Å². The average molecular weight is 163 g/mol. The van der Waals surface area contributed by atoms with Crippen molar-refractivity contribution in [2.75, 3.05) is 0 Å². The first-order valence-electron chi connectivity index (χ1n) is 0.908. The third-order valence-corrected chi connectivity index (χ3v) is 0. The number of carboxylic acids is 1. The van der Waals surface area contributed by atoms with Crippen LogP contribution in [-0.2, 0) is 4.79 Å². The smallest absolute Gasteiger partial charge is 1.00 e. The quantitative estimate of drug-likeness (QED) is 0.333. The van der Waals surface area contributed by atoms with Gasteiger partial charge in [-0.15, -0.1) is 0 Å². The zero-order chi connectivity index (χ0) is 3.58. The minimum atomic E-state index is -1.08. The molecule has 6 heteroatoms. The number of hydrogen-bond donors (Lipinski definition) is 0. The van der Waals surface area contributed by atoms with Gasteiger partial charge in [-0.1, -0.05) is 0 Å². The number of aliphatic carboxylic acids is 1. The molecule has 0 saturated carbocycles. The first kappa shape index (κ1) is 30.9. The van der Waals surface area contributed by atoms with Gasteiger partial charge in [0.25, 0.3) is 0 Å². The number of hydrogen-bond acceptors (Lipinski definition) is 2. The molecule has 0 fully saturated rings. The number of carboxylic acid groups (broad SMARTS) is 1. The van der Waals surface area contributed by atoms with Crippen molar-refractivity contribution in [2.45, 2.75) is 6.92 Å². The Morgan fingerprint density at radius 1 is 1.25 bits per heavy atom. The molecular formula is C2H3ClNa3O2+. The second kappa shape index (κ2) is 22.6. The van der Waals surface area contributed by atoms with E-state index >= 15 is 0 Å². The molecule has 0 amide bonds. The van der Waals surface area contributed by atoms with Crippen molar-refractivity contribution in [3.05, 3.63) is 0 Å². The molecule has 0 heterocycles. The molecule has 0 aromatic carbocycles. The van der Waals surface area contributed by atoms with Crippen molar-refractivity contribution in [3.8, 4) is 0 Å². The Bertz CT molecular complexity index is 38.3. The summed E-state index contributed by atoms with van der Waals surface area (Å²) in [5.74, 6) is -1.08. The fourth-order valence-corrected chi connectivity index (χ4v) is 0. The zero-order valence-corrected chi connectivity index (χ0v) is 12.5. The maximum atomic E-state index is 8.89. The first-order chi connectivity index (χ1) is 1.73. The van der Waals surface area contributed by atoms with E-state index in [1.807, 2.05) is 0 Å². The van der Waals surface area contributed by atoms with Crippen LogP contribution >= 0.6 is 0 Å². The van der Waals surface area contributed by atoms with E-state index in [2.05, 4.69) is 0 Å². The van der Waals surface area contributed by atoms with E-state index in [1.165, 1.54) is 0 Å². The summed E-state index contributed by atoms with van der Waals surface area (Å²) in [4.78, 5) is 8.89. The Kier molecular flexibility index (Phi) is 87.2. The molecular weight excluding hydrogens is 160 g/mol. The summed E-state index contributed by atoms with van der Waals surface area (Å²) >= 11 is 0. The first-order valence-corrected chi connectivity index (χ1v) is 0.908. The maximum Gasteiger partial charge on any atom is 1.00 e. The molecule has 0 saturated heterocycles. The summed E-state index contributed by atoms with van der Waals surface area (Å²) < 4.78 is 0. The van der Waals surface area contributed by atoms with Crippen LogP contribution in [-0.4, -0.2) is 5.97 Å². The van der Waals surface area contributed by atoms with Crippen molar-refractivity contribution < 1.29 is 111 Å². The molecule has 0 aliphatic rings. The van der Waals surface area contributed by atoms with Gasteiger partial charge < -0.3 is 22.3 Å². The van der Waals surface area contributed by atoms with Gasteiger partial charge in [-0.3, -0.25) is 0 Å². The van der Waals surface area contributed by atoms with Gasteiger partial charge in [0.05, 0.1) is 0 Å². The van der Waals surface area contributed by atoms with Crippen LogP contribution in [0.15, 0.2) is 0 Å². The van der Waals surface area contributed by atoms with Crippen LogP contribution in [0.25, 0.3) is 0 Å². The van der Waals surface area contributed by atoms with Gasteiger partial charge in [0.15, 0.2) is 0 Å². The van der Waals surface area contributed by atoms with Gasteiger partial charge in [0, 0.05) is 5.97 Å². The van der Waals surface area contributed by atoms with E-state index in [1.54, 1.807) is 0 Å². The number of carbonyl (C=O) groups excluding carboxylic acids is 1. The van der Waals surface area contributed by atoms with Crippen LogP contribution < -0.4 is 106 Å². The monoisotopic (exact) mass is 163 g/mol. The van der Waals surface area contributed by atoms with Crippen LogP contribution in [0.1, 0.15) is 6.92 Å². The molecule has 0 spiro atoms. The Morgan fingerprint density at radius 2 is 1.25 bits per heavy atom. The average Bonchev–Trinajstić information content (AvgIpc) is 0.811. The second-order valence-corrected chi connectivity index (χ2v) is 0.492. The molecule has 0 bridgehead atoms. The molecule has 8 heavy (non-hydrogen) atoms. The van der Waals surface area contributed by atoms with Crippen LogP contribution in [0.4, 0.5) is 0 Å². The normalized spacial score (nSPS) is 3.12. The van der Waals surface area contributed by atoms with E-state index in [4.69, 9.17) is 9.90 Å². The van der Waals surface area contributed by atoms with Crippen molar-refractivity contribution in [1.29, 1.82) is 0 Å². The third kappa shape index (κ3) is 69.2. The van der Waals surface area contributed by atoms with Gasteiger partial charge in [-0.05, 0) is 6.92 Å². The van der Waals surface area contributed by atoms with Crippen LogP contribution in [0.5, 0.6) is 0 Å². The standard InChI is InChI=1S/C2H4O2.ClH.3Na/c1-2(3)4;;;;/h1H3,(H,3,4);1H;;;/q;;3*+1/p-2.